The van der Waals surface area contributed by atoms with Crippen LogP contribution in [0, 0.1) is 50.2 Å². The zero-order chi connectivity index (χ0) is 66.6. The number of hydrogen-bond donors (Lipinski definition) is 14. The standard InChI is InChI=1S/C63H98O27/c1-13-25(3)52(79)89-49-50(90-53(80)26(4)14-2)63(24-65)29(21-58(49,6)7)28-15-16-33-60(10)19-18-34(59(8,9)32(60)17-20-61(33,11)62(28,12)47(75)48(63)76)84-57-46(88-55-41(73)39(71)37(69)31(22-64)83-55)43(42(74)44(86-57)51(77)78)85-56-45(36(68)30(66)23-81-56)87-54-40(72)38(70)35(67)27(5)82-54/h13-15,27,29-50,54-57,64-76H,16-24H2,1-12H3,(H,77,78)/b25-13+,26-14+/t27-,29-,30-,31+,32-,33+,34-,35-,36-,37-,38+,39-,40+,41+,42-,43-,44-,45+,46+,47-,48+,49-,50-,54-,55+,56-,57?,60-,61+,62-,63-/m0/s1. The molecule has 0 bridgehead atoms. The van der Waals surface area contributed by atoms with Gasteiger partial charge < -0.3 is 119 Å². The summed E-state index contributed by atoms with van der Waals surface area (Å²) in [4.78, 5) is 40.8. The Morgan fingerprint density at radius 3 is 1.79 bits per heavy atom. The SMILES string of the molecule is C/C=C(\C)C(=O)O[C@H]1[C@H](OC(=O)/C(C)=C/C)[C@]2(CO)[C@H](O)[C@H](O)[C@]3(C)C(=CC[C@@H]4[C@@]5(C)CC[C@H](OC6O[C@H](C(=O)O)[C@@H](O)[C@H](O[C@@H]7OC[C@H](O)[C@H](O)[C@H]7O[C@@H]7O[C@@H](C)[C@H](O)[C@@H](O)[C@H]7O)[C@H]6O[C@H]6O[C@H](CO)[C@H](O)[C@H](O)[C@H]6O)C(C)(C)[C@@H]5CC[C@]43C)[C@@H]2CC1(C)C. The molecule has 4 heterocycles. The predicted molar refractivity (Wildman–Crippen MR) is 308 cm³/mol. The molecule has 0 aromatic carbocycles. The van der Waals surface area contributed by atoms with E-state index in [1.165, 1.54) is 6.92 Å². The van der Waals surface area contributed by atoms with Gasteiger partial charge in [0.05, 0.1) is 49.7 Å². The maximum atomic E-state index is 13.9. The van der Waals surface area contributed by atoms with Gasteiger partial charge in [-0.25, -0.2) is 14.4 Å². The molecule has 27 nitrogen and oxygen atoms in total. The predicted octanol–water partition coefficient (Wildman–Crippen LogP) is -0.885. The summed E-state index contributed by atoms with van der Waals surface area (Å²) >= 11 is 0. The highest BCUT2D eigenvalue weighted by atomic mass is 16.8. The van der Waals surface area contributed by atoms with Crippen molar-refractivity contribution in [2.24, 2.45) is 50.2 Å². The normalized spacial score (nSPS) is 50.2. The van der Waals surface area contributed by atoms with Gasteiger partial charge in [0.1, 0.15) is 85.5 Å². The number of aliphatic hydroxyl groups excluding tert-OH is 13. The number of hydrogen-bond acceptors (Lipinski definition) is 26. The lowest BCUT2D eigenvalue weighted by Crippen LogP contribution is -2.76. The number of aliphatic carboxylic acids is 1. The summed E-state index contributed by atoms with van der Waals surface area (Å²) in [6.07, 6.45) is -34.4. The summed E-state index contributed by atoms with van der Waals surface area (Å²) in [5.74, 6) is -4.24. The Morgan fingerprint density at radius 2 is 1.20 bits per heavy atom. The molecular weight excluding hydrogens is 1190 g/mol. The zero-order valence-corrected chi connectivity index (χ0v) is 53.3. The van der Waals surface area contributed by atoms with Gasteiger partial charge in [-0.1, -0.05) is 72.3 Å². The van der Waals surface area contributed by atoms with Crippen LogP contribution in [0.1, 0.15) is 122 Å². The third kappa shape index (κ3) is 11.5. The van der Waals surface area contributed by atoms with Crippen LogP contribution in [0.5, 0.6) is 0 Å². The maximum Gasteiger partial charge on any atom is 0.335 e. The van der Waals surface area contributed by atoms with E-state index in [0.29, 0.717) is 31.3 Å². The number of allylic oxidation sites excluding steroid dienone is 3. The van der Waals surface area contributed by atoms with Crippen LogP contribution in [-0.2, 0) is 61.8 Å². The molecule has 0 aromatic rings. The Morgan fingerprint density at radius 1 is 0.622 bits per heavy atom. The van der Waals surface area contributed by atoms with Gasteiger partial charge >= 0.3 is 17.9 Å². The second-order valence-corrected chi connectivity index (χ2v) is 28.8. The molecule has 4 aliphatic heterocycles. The van der Waals surface area contributed by atoms with Crippen LogP contribution in [0.4, 0.5) is 0 Å². The van der Waals surface area contributed by atoms with Crippen molar-refractivity contribution in [2.75, 3.05) is 19.8 Å². The van der Waals surface area contributed by atoms with Gasteiger partial charge in [-0.3, -0.25) is 0 Å². The van der Waals surface area contributed by atoms with E-state index in [-0.39, 0.29) is 30.3 Å². The number of rotatable bonds is 15. The van der Waals surface area contributed by atoms with Gasteiger partial charge in [0.25, 0.3) is 0 Å². The minimum Gasteiger partial charge on any atom is -0.479 e. The van der Waals surface area contributed by atoms with Crippen molar-refractivity contribution < 1.29 is 133 Å². The fourth-order valence-electron chi connectivity index (χ4n) is 17.6. The molecule has 1 unspecified atom stereocenters. The molecule has 0 spiro atoms. The first-order valence-electron chi connectivity index (χ1n) is 31.5. The highest BCUT2D eigenvalue weighted by molar-refractivity contribution is 5.89. The van der Waals surface area contributed by atoms with Crippen LogP contribution in [-0.4, -0.2) is 256 Å². The van der Waals surface area contributed by atoms with Crippen molar-refractivity contribution in [2.45, 2.75) is 269 Å². The van der Waals surface area contributed by atoms with E-state index in [0.717, 1.165) is 5.57 Å². The van der Waals surface area contributed by atoms with E-state index >= 15 is 0 Å². The molecule has 27 heteroatoms. The highest BCUT2D eigenvalue weighted by Gasteiger charge is 2.76. The maximum absolute atomic E-state index is 13.9. The molecule has 31 atom stereocenters. The second kappa shape index (κ2) is 26.1. The number of esters is 2. The first kappa shape index (κ1) is 71.1. The lowest BCUT2D eigenvalue weighted by molar-refractivity contribution is -0.401. The number of carbonyl (C=O) groups is 3. The Bertz CT molecular complexity index is 2700. The smallest absolute Gasteiger partial charge is 0.335 e. The average Bonchev–Trinajstić information content (AvgIpc) is 0.663. The van der Waals surface area contributed by atoms with Crippen LogP contribution in [0.3, 0.4) is 0 Å². The van der Waals surface area contributed by atoms with Gasteiger partial charge in [-0.2, -0.15) is 0 Å². The number of fused-ring (bicyclic) bond motifs is 7. The van der Waals surface area contributed by atoms with Crippen molar-refractivity contribution in [3.63, 3.8) is 0 Å². The van der Waals surface area contributed by atoms with Crippen molar-refractivity contribution in [3.8, 4) is 0 Å². The number of ether oxygens (including phenoxy) is 10. The first-order chi connectivity index (χ1) is 42.0. The molecule has 14 N–H and O–H groups in total. The minimum atomic E-state index is -2.24. The molecule has 9 rings (SSSR count). The van der Waals surface area contributed by atoms with Crippen LogP contribution in [0.2, 0.25) is 0 Å². The Labute approximate surface area is 523 Å². The molecule has 9 aliphatic rings. The van der Waals surface area contributed by atoms with Crippen molar-refractivity contribution >= 4 is 17.9 Å². The number of carbonyl (C=O) groups excluding carboxylic acids is 2. The van der Waals surface area contributed by atoms with Crippen LogP contribution in [0.25, 0.3) is 0 Å². The molecule has 8 fully saturated rings. The quantitative estimate of drug-likeness (QED) is 0.0409. The Balaban J connectivity index is 1.05. The Hall–Kier alpha value is -3.21. The number of carboxylic acids is 1. The summed E-state index contributed by atoms with van der Waals surface area (Å²) in [7, 11) is 0. The lowest BCUT2D eigenvalue weighted by Gasteiger charge is -2.73. The minimum absolute atomic E-state index is 0.199. The van der Waals surface area contributed by atoms with Crippen molar-refractivity contribution in [1.82, 2.24) is 0 Å². The lowest BCUT2D eigenvalue weighted by atomic mass is 9.32. The summed E-state index contributed by atoms with van der Waals surface area (Å²) < 4.78 is 61.6. The molecular formula is C63H98O27. The van der Waals surface area contributed by atoms with Gasteiger partial charge in [0.2, 0.25) is 0 Å². The average molecular weight is 1290 g/mol. The zero-order valence-electron chi connectivity index (χ0n) is 53.3. The molecule has 90 heavy (non-hydrogen) atoms. The van der Waals surface area contributed by atoms with Crippen LogP contribution in [0.15, 0.2) is 34.9 Å². The third-order valence-corrected chi connectivity index (χ3v) is 23.4. The first-order valence-corrected chi connectivity index (χ1v) is 31.5. The monoisotopic (exact) mass is 1290 g/mol. The fraction of sp³-hybridized carbons (Fsp3) is 0.857. The van der Waals surface area contributed by atoms with Crippen LogP contribution < -0.4 is 0 Å². The van der Waals surface area contributed by atoms with E-state index in [9.17, 15) is 85.9 Å². The largest absolute Gasteiger partial charge is 0.479 e. The van der Waals surface area contributed by atoms with E-state index < -0.39 is 223 Å². The van der Waals surface area contributed by atoms with Gasteiger partial charge in [-0.05, 0) is 107 Å². The molecule has 0 radical (unpaired) electrons. The van der Waals surface area contributed by atoms with Gasteiger partial charge in [-0.15, -0.1) is 0 Å². The van der Waals surface area contributed by atoms with Gasteiger partial charge in [0, 0.05) is 22.0 Å². The molecule has 0 aromatic heterocycles. The molecule has 5 aliphatic carbocycles. The number of carboxylic acid groups (broad SMARTS) is 1. The Kier molecular flexibility index (Phi) is 20.6. The molecule has 512 valence electrons. The third-order valence-electron chi connectivity index (χ3n) is 23.4. The van der Waals surface area contributed by atoms with Gasteiger partial charge in [0.15, 0.2) is 37.4 Å². The number of aliphatic hydroxyl groups is 13. The van der Waals surface area contributed by atoms with Crippen molar-refractivity contribution in [3.05, 3.63) is 34.9 Å². The summed E-state index contributed by atoms with van der Waals surface area (Å²) in [6, 6.07) is 0. The van der Waals surface area contributed by atoms with E-state index in [2.05, 4.69) is 19.9 Å². The molecule has 4 saturated carbocycles. The summed E-state index contributed by atoms with van der Waals surface area (Å²) in [6.45, 7) is 19.7. The molecule has 0 amide bonds. The van der Waals surface area contributed by atoms with E-state index in [1.54, 1.807) is 39.8 Å². The summed E-state index contributed by atoms with van der Waals surface area (Å²) in [5.41, 5.74) is -4.73. The summed E-state index contributed by atoms with van der Waals surface area (Å²) in [5, 5.41) is 158. The highest BCUT2D eigenvalue weighted by Crippen LogP contribution is 2.76. The van der Waals surface area contributed by atoms with Crippen molar-refractivity contribution in [1.29, 1.82) is 0 Å². The topological polar surface area (TPSA) is 427 Å². The second-order valence-electron chi connectivity index (χ2n) is 28.8. The van der Waals surface area contributed by atoms with E-state index in [1.807, 2.05) is 34.6 Å². The van der Waals surface area contributed by atoms with Crippen LogP contribution >= 0.6 is 0 Å². The fourth-order valence-corrected chi connectivity index (χ4v) is 17.6. The van der Waals surface area contributed by atoms with E-state index in [4.69, 9.17) is 47.4 Å². The molecule has 4 saturated heterocycles.